The molecule has 0 radical (unpaired) electrons. The van der Waals surface area contributed by atoms with Gasteiger partial charge in [0.05, 0.1) is 10.6 Å². The fourth-order valence-electron chi connectivity index (χ4n) is 1.58. The molecule has 1 saturated carbocycles. The average molecular weight is 231 g/mol. The molecule has 1 N–H and O–H groups in total. The van der Waals surface area contributed by atoms with Crippen molar-refractivity contribution in [3.63, 3.8) is 0 Å². The first-order valence-corrected chi connectivity index (χ1v) is 6.39. The normalized spacial score (nSPS) is 15.0. The minimum atomic E-state index is 0.861. The van der Waals surface area contributed by atoms with Gasteiger partial charge in [0.2, 0.25) is 0 Å². The van der Waals surface area contributed by atoms with E-state index in [0.29, 0.717) is 0 Å². The van der Waals surface area contributed by atoms with Crippen LogP contribution >= 0.6 is 11.3 Å². The maximum atomic E-state index is 4.28. The lowest BCUT2D eigenvalue weighted by molar-refractivity contribution is 0.881. The van der Waals surface area contributed by atoms with E-state index in [1.807, 2.05) is 12.1 Å². The smallest absolute Gasteiger partial charge is 0.129 e. The predicted molar refractivity (Wildman–Crippen MR) is 66.6 cm³/mol. The lowest BCUT2D eigenvalue weighted by Crippen LogP contribution is -2.05. The SMILES string of the molecule is c1csc(-c2cc(NCC3CC3)ncn2)c1. The van der Waals surface area contributed by atoms with Crippen LogP contribution in [0.4, 0.5) is 5.82 Å². The summed E-state index contributed by atoms with van der Waals surface area (Å²) >= 11 is 1.70. The Kier molecular flexibility index (Phi) is 2.58. The number of hydrogen-bond donors (Lipinski definition) is 1. The van der Waals surface area contributed by atoms with E-state index in [-0.39, 0.29) is 0 Å². The molecular formula is C12H13N3S. The largest absolute Gasteiger partial charge is 0.370 e. The molecule has 82 valence electrons. The number of hydrogen-bond acceptors (Lipinski definition) is 4. The minimum absolute atomic E-state index is 0.861. The summed E-state index contributed by atoms with van der Waals surface area (Å²) in [6.45, 7) is 1.04. The van der Waals surface area contributed by atoms with E-state index in [2.05, 4.69) is 26.7 Å². The van der Waals surface area contributed by atoms with Crippen LogP contribution in [0.25, 0.3) is 10.6 Å². The van der Waals surface area contributed by atoms with Crippen LogP contribution in [-0.2, 0) is 0 Å². The second kappa shape index (κ2) is 4.22. The Balaban J connectivity index is 1.76. The molecular weight excluding hydrogens is 218 g/mol. The number of nitrogens with one attached hydrogen (secondary N) is 1. The first-order valence-electron chi connectivity index (χ1n) is 5.51. The molecule has 0 bridgehead atoms. The highest BCUT2D eigenvalue weighted by Crippen LogP contribution is 2.29. The van der Waals surface area contributed by atoms with Crippen LogP contribution in [0.1, 0.15) is 12.8 Å². The summed E-state index contributed by atoms with van der Waals surface area (Å²) < 4.78 is 0. The van der Waals surface area contributed by atoms with Crippen LogP contribution < -0.4 is 5.32 Å². The number of thiophene rings is 1. The zero-order chi connectivity index (χ0) is 10.8. The molecule has 3 nitrogen and oxygen atoms in total. The zero-order valence-corrected chi connectivity index (χ0v) is 9.70. The highest BCUT2D eigenvalue weighted by atomic mass is 32.1. The molecule has 0 spiro atoms. The number of nitrogens with zero attached hydrogens (tertiary/aromatic N) is 2. The Morgan fingerprint density at radius 3 is 3.06 bits per heavy atom. The second-order valence-corrected chi connectivity index (χ2v) is 5.04. The fourth-order valence-corrected chi connectivity index (χ4v) is 2.28. The molecule has 0 amide bonds. The first kappa shape index (κ1) is 9.78. The van der Waals surface area contributed by atoms with Gasteiger partial charge in [0, 0.05) is 12.6 Å². The molecule has 16 heavy (non-hydrogen) atoms. The van der Waals surface area contributed by atoms with Gasteiger partial charge in [-0.05, 0) is 30.2 Å². The summed E-state index contributed by atoms with van der Waals surface area (Å²) in [5.41, 5.74) is 1.00. The lowest BCUT2D eigenvalue weighted by Gasteiger charge is -2.04. The van der Waals surface area contributed by atoms with Crippen molar-refractivity contribution in [3.8, 4) is 10.6 Å². The monoisotopic (exact) mass is 231 g/mol. The van der Waals surface area contributed by atoms with Crippen LogP contribution in [-0.4, -0.2) is 16.5 Å². The van der Waals surface area contributed by atoms with Crippen molar-refractivity contribution in [2.75, 3.05) is 11.9 Å². The van der Waals surface area contributed by atoms with Gasteiger partial charge >= 0.3 is 0 Å². The molecule has 0 aromatic carbocycles. The number of anilines is 1. The quantitative estimate of drug-likeness (QED) is 0.879. The van der Waals surface area contributed by atoms with Crippen LogP contribution in [0.15, 0.2) is 29.9 Å². The van der Waals surface area contributed by atoms with E-state index < -0.39 is 0 Å². The molecule has 2 heterocycles. The molecule has 2 aromatic rings. The van der Waals surface area contributed by atoms with Gasteiger partial charge in [0.25, 0.3) is 0 Å². The van der Waals surface area contributed by atoms with Gasteiger partial charge in [-0.25, -0.2) is 9.97 Å². The molecule has 1 fully saturated rings. The Labute approximate surface area is 98.6 Å². The zero-order valence-electron chi connectivity index (χ0n) is 8.89. The van der Waals surface area contributed by atoms with Gasteiger partial charge in [0.1, 0.15) is 12.1 Å². The van der Waals surface area contributed by atoms with Gasteiger partial charge in [-0.1, -0.05) is 6.07 Å². The summed E-state index contributed by atoms with van der Waals surface area (Å²) in [5.74, 6) is 1.80. The van der Waals surface area contributed by atoms with Crippen molar-refractivity contribution in [2.45, 2.75) is 12.8 Å². The van der Waals surface area contributed by atoms with Crippen molar-refractivity contribution < 1.29 is 0 Å². The molecule has 1 aliphatic carbocycles. The van der Waals surface area contributed by atoms with Gasteiger partial charge < -0.3 is 5.32 Å². The van der Waals surface area contributed by atoms with Crippen LogP contribution in [0.2, 0.25) is 0 Å². The Hall–Kier alpha value is -1.42. The Bertz CT molecular complexity index is 463. The van der Waals surface area contributed by atoms with E-state index in [1.165, 1.54) is 17.7 Å². The van der Waals surface area contributed by atoms with Crippen molar-refractivity contribution in [2.24, 2.45) is 5.92 Å². The van der Waals surface area contributed by atoms with E-state index >= 15 is 0 Å². The Morgan fingerprint density at radius 1 is 1.38 bits per heavy atom. The van der Waals surface area contributed by atoms with Gasteiger partial charge in [0.15, 0.2) is 0 Å². The standard InChI is InChI=1S/C12H13N3S/c1-2-11(16-5-1)10-6-12(15-8-14-10)13-7-9-3-4-9/h1-2,5-6,8-9H,3-4,7H2,(H,13,14,15). The minimum Gasteiger partial charge on any atom is -0.370 e. The van der Waals surface area contributed by atoms with Crippen LogP contribution in [0, 0.1) is 5.92 Å². The van der Waals surface area contributed by atoms with Gasteiger partial charge in [-0.2, -0.15) is 0 Å². The molecule has 0 unspecified atom stereocenters. The topological polar surface area (TPSA) is 37.8 Å². The van der Waals surface area contributed by atoms with E-state index in [1.54, 1.807) is 17.7 Å². The second-order valence-electron chi connectivity index (χ2n) is 4.09. The average Bonchev–Trinajstić information content (AvgIpc) is 2.99. The summed E-state index contributed by atoms with van der Waals surface area (Å²) in [7, 11) is 0. The van der Waals surface area contributed by atoms with Crippen molar-refractivity contribution in [1.29, 1.82) is 0 Å². The third-order valence-electron chi connectivity index (χ3n) is 2.71. The highest BCUT2D eigenvalue weighted by molar-refractivity contribution is 7.13. The third kappa shape index (κ3) is 2.22. The molecule has 2 aromatic heterocycles. The summed E-state index contributed by atoms with van der Waals surface area (Å²) in [4.78, 5) is 9.71. The molecule has 3 rings (SSSR count). The number of aromatic nitrogens is 2. The predicted octanol–water partition coefficient (Wildman–Crippen LogP) is 3.03. The maximum Gasteiger partial charge on any atom is 0.129 e. The maximum absolute atomic E-state index is 4.28. The lowest BCUT2D eigenvalue weighted by atomic mass is 10.3. The molecule has 0 saturated heterocycles. The highest BCUT2D eigenvalue weighted by Gasteiger charge is 2.20. The first-order chi connectivity index (χ1) is 7.92. The van der Waals surface area contributed by atoms with E-state index in [0.717, 1.165) is 24.0 Å². The fraction of sp³-hybridized carbons (Fsp3) is 0.333. The van der Waals surface area contributed by atoms with Gasteiger partial charge in [-0.3, -0.25) is 0 Å². The molecule has 4 heteroatoms. The van der Waals surface area contributed by atoms with E-state index in [4.69, 9.17) is 0 Å². The van der Waals surface area contributed by atoms with Crippen LogP contribution in [0.5, 0.6) is 0 Å². The van der Waals surface area contributed by atoms with Gasteiger partial charge in [-0.15, -0.1) is 11.3 Å². The molecule has 0 atom stereocenters. The van der Waals surface area contributed by atoms with E-state index in [9.17, 15) is 0 Å². The molecule has 0 aliphatic heterocycles. The van der Waals surface area contributed by atoms with Crippen molar-refractivity contribution in [1.82, 2.24) is 9.97 Å². The van der Waals surface area contributed by atoms with Crippen LogP contribution in [0.3, 0.4) is 0 Å². The summed E-state index contributed by atoms with van der Waals surface area (Å²) in [6.07, 6.45) is 4.34. The number of rotatable bonds is 4. The molecule has 1 aliphatic rings. The third-order valence-corrected chi connectivity index (χ3v) is 3.60. The Morgan fingerprint density at radius 2 is 2.31 bits per heavy atom. The van der Waals surface area contributed by atoms with Crippen molar-refractivity contribution >= 4 is 17.2 Å². The summed E-state index contributed by atoms with van der Waals surface area (Å²) in [5, 5.41) is 5.43. The van der Waals surface area contributed by atoms with Crippen molar-refractivity contribution in [3.05, 3.63) is 29.9 Å². The summed E-state index contributed by atoms with van der Waals surface area (Å²) in [6, 6.07) is 6.14.